The van der Waals surface area contributed by atoms with Crippen LogP contribution in [0, 0.1) is 6.92 Å². The van der Waals surface area contributed by atoms with Crippen molar-refractivity contribution in [3.8, 4) is 0 Å². The van der Waals surface area contributed by atoms with Gasteiger partial charge in [-0.3, -0.25) is 4.98 Å². The molecule has 0 spiro atoms. The predicted octanol–water partition coefficient (Wildman–Crippen LogP) is 5.91. The van der Waals surface area contributed by atoms with Gasteiger partial charge in [-0.15, -0.1) is 11.8 Å². The molecule has 0 saturated carbocycles. The zero-order chi connectivity index (χ0) is 17.1. The van der Waals surface area contributed by atoms with E-state index in [2.05, 4.69) is 50.8 Å². The van der Waals surface area contributed by atoms with Crippen LogP contribution < -0.4 is 0 Å². The molecule has 4 rings (SSSR count). The Morgan fingerprint density at radius 1 is 1.08 bits per heavy atom. The van der Waals surface area contributed by atoms with E-state index in [0.717, 1.165) is 33.4 Å². The molecule has 0 bridgehead atoms. The second-order valence-electron chi connectivity index (χ2n) is 5.65. The Morgan fingerprint density at radius 2 is 2.00 bits per heavy atom. The van der Waals surface area contributed by atoms with Gasteiger partial charge in [0.1, 0.15) is 0 Å². The van der Waals surface area contributed by atoms with Gasteiger partial charge in [0.25, 0.3) is 0 Å². The fourth-order valence-corrected chi connectivity index (χ4v) is 5.21. The van der Waals surface area contributed by atoms with Crippen molar-refractivity contribution in [2.75, 3.05) is 0 Å². The van der Waals surface area contributed by atoms with Gasteiger partial charge < -0.3 is 4.98 Å². The minimum absolute atomic E-state index is 0.818. The smallest absolute Gasteiger partial charge is 0.166 e. The summed E-state index contributed by atoms with van der Waals surface area (Å²) in [6.07, 6.45) is 1.91. The topological polar surface area (TPSA) is 41.6 Å². The summed E-state index contributed by atoms with van der Waals surface area (Å²) in [7, 11) is 0. The number of nitrogens with one attached hydrogen (secondary N) is 1. The number of H-pyrrole nitrogens is 1. The molecule has 4 aromatic rings. The number of nitrogens with zero attached hydrogens (tertiary/aromatic N) is 2. The fraction of sp³-hybridized carbons (Fsp3) is 0.158. The second kappa shape index (κ2) is 7.64. The SMILES string of the molecule is Cc1c(SCc2ccsc2)ccnc1CSc1nc2ccccc2[nH]1. The first-order valence-corrected chi connectivity index (χ1v) is 10.9. The number of benzene rings is 1. The number of rotatable bonds is 6. The maximum Gasteiger partial charge on any atom is 0.166 e. The van der Waals surface area contributed by atoms with E-state index < -0.39 is 0 Å². The Balaban J connectivity index is 1.45. The summed E-state index contributed by atoms with van der Waals surface area (Å²) >= 11 is 5.33. The molecule has 0 fully saturated rings. The third-order valence-electron chi connectivity index (χ3n) is 3.95. The van der Waals surface area contributed by atoms with Gasteiger partial charge in [0.05, 0.1) is 16.7 Å². The van der Waals surface area contributed by atoms with Gasteiger partial charge in [0, 0.05) is 22.6 Å². The zero-order valence-electron chi connectivity index (χ0n) is 13.7. The molecule has 0 saturated heterocycles. The van der Waals surface area contributed by atoms with Gasteiger partial charge in [-0.2, -0.15) is 11.3 Å². The molecule has 3 heterocycles. The van der Waals surface area contributed by atoms with Crippen LogP contribution in [0.4, 0.5) is 0 Å². The molecule has 1 aromatic carbocycles. The van der Waals surface area contributed by atoms with Gasteiger partial charge in [-0.1, -0.05) is 23.9 Å². The van der Waals surface area contributed by atoms with E-state index in [4.69, 9.17) is 0 Å². The molecule has 0 atom stereocenters. The summed E-state index contributed by atoms with van der Waals surface area (Å²) in [5.41, 5.74) is 5.86. The number of aromatic nitrogens is 3. The number of thioether (sulfide) groups is 2. The van der Waals surface area contributed by atoms with Crippen LogP contribution in [0.3, 0.4) is 0 Å². The summed E-state index contributed by atoms with van der Waals surface area (Å²) in [4.78, 5) is 13.9. The lowest BCUT2D eigenvalue weighted by Gasteiger charge is -2.09. The van der Waals surface area contributed by atoms with Gasteiger partial charge in [-0.25, -0.2) is 4.98 Å². The molecule has 0 aliphatic carbocycles. The van der Waals surface area contributed by atoms with E-state index in [1.54, 1.807) is 23.1 Å². The molecule has 126 valence electrons. The molecule has 6 heteroatoms. The summed E-state index contributed by atoms with van der Waals surface area (Å²) in [5, 5.41) is 5.28. The van der Waals surface area contributed by atoms with E-state index >= 15 is 0 Å². The Labute approximate surface area is 159 Å². The zero-order valence-corrected chi connectivity index (χ0v) is 16.2. The maximum atomic E-state index is 4.63. The van der Waals surface area contributed by atoms with Crippen molar-refractivity contribution < 1.29 is 0 Å². The van der Waals surface area contributed by atoms with E-state index in [1.165, 1.54) is 16.0 Å². The highest BCUT2D eigenvalue weighted by molar-refractivity contribution is 7.98. The Hall–Kier alpha value is -1.76. The number of thiophene rings is 1. The molecule has 0 amide bonds. The first kappa shape index (κ1) is 16.7. The van der Waals surface area contributed by atoms with Crippen LogP contribution in [0.15, 0.2) is 63.4 Å². The number of para-hydroxylation sites is 2. The highest BCUT2D eigenvalue weighted by Gasteiger charge is 2.09. The number of aromatic amines is 1. The van der Waals surface area contributed by atoms with E-state index in [-0.39, 0.29) is 0 Å². The molecule has 1 N–H and O–H groups in total. The maximum absolute atomic E-state index is 4.63. The van der Waals surface area contributed by atoms with Crippen LogP contribution in [0.2, 0.25) is 0 Å². The normalized spacial score (nSPS) is 11.2. The van der Waals surface area contributed by atoms with Crippen LogP contribution in [0.5, 0.6) is 0 Å². The van der Waals surface area contributed by atoms with Crippen molar-refractivity contribution in [2.45, 2.75) is 28.5 Å². The summed E-state index contributed by atoms with van der Waals surface area (Å²) < 4.78 is 0. The highest BCUT2D eigenvalue weighted by Crippen LogP contribution is 2.30. The molecule has 3 nitrogen and oxygen atoms in total. The lowest BCUT2D eigenvalue weighted by Crippen LogP contribution is -1.94. The molecular formula is C19H17N3S3. The fourth-order valence-electron chi connectivity index (χ4n) is 2.53. The van der Waals surface area contributed by atoms with E-state index in [9.17, 15) is 0 Å². The number of pyridine rings is 1. The quantitative estimate of drug-likeness (QED) is 0.420. The van der Waals surface area contributed by atoms with Crippen LogP contribution in [0.25, 0.3) is 11.0 Å². The Kier molecular flexibility index (Phi) is 5.10. The standard InChI is InChI=1S/C19H17N3S3/c1-13-17(12-25-19-21-15-4-2-3-5-16(15)22-19)20-8-6-18(13)24-11-14-7-9-23-10-14/h2-10H,11-12H2,1H3,(H,21,22). The largest absolute Gasteiger partial charge is 0.333 e. The van der Waals surface area contributed by atoms with Gasteiger partial charge in [-0.05, 0) is 53.1 Å². The van der Waals surface area contributed by atoms with Crippen LogP contribution in [0.1, 0.15) is 16.8 Å². The molecule has 3 aromatic heterocycles. The number of imidazole rings is 1. The highest BCUT2D eigenvalue weighted by atomic mass is 32.2. The van der Waals surface area contributed by atoms with Crippen molar-refractivity contribution in [1.82, 2.24) is 15.0 Å². The number of fused-ring (bicyclic) bond motifs is 1. The monoisotopic (exact) mass is 383 g/mol. The van der Waals surface area contributed by atoms with Crippen molar-refractivity contribution in [3.05, 3.63) is 70.2 Å². The first-order chi connectivity index (χ1) is 12.3. The van der Waals surface area contributed by atoms with Crippen LogP contribution in [-0.2, 0) is 11.5 Å². The third-order valence-corrected chi connectivity index (χ3v) is 6.79. The van der Waals surface area contributed by atoms with Gasteiger partial charge in [0.15, 0.2) is 5.16 Å². The first-order valence-electron chi connectivity index (χ1n) is 7.95. The lowest BCUT2D eigenvalue weighted by molar-refractivity contribution is 1.05. The lowest BCUT2D eigenvalue weighted by atomic mass is 10.2. The van der Waals surface area contributed by atoms with Gasteiger partial charge in [0.2, 0.25) is 0 Å². The van der Waals surface area contributed by atoms with E-state index in [0.29, 0.717) is 0 Å². The molecule has 0 unspecified atom stereocenters. The van der Waals surface area contributed by atoms with Crippen molar-refractivity contribution in [2.24, 2.45) is 0 Å². The predicted molar refractivity (Wildman–Crippen MR) is 109 cm³/mol. The van der Waals surface area contributed by atoms with Crippen molar-refractivity contribution in [3.63, 3.8) is 0 Å². The molecule has 0 radical (unpaired) electrons. The minimum Gasteiger partial charge on any atom is -0.333 e. The summed E-state index contributed by atoms with van der Waals surface area (Å²) in [5.74, 6) is 1.82. The minimum atomic E-state index is 0.818. The molecule has 0 aliphatic heterocycles. The van der Waals surface area contributed by atoms with Crippen molar-refractivity contribution in [1.29, 1.82) is 0 Å². The molecular weight excluding hydrogens is 366 g/mol. The van der Waals surface area contributed by atoms with Crippen LogP contribution in [-0.4, -0.2) is 15.0 Å². The molecule has 0 aliphatic rings. The average Bonchev–Trinajstić information content (AvgIpc) is 3.29. The number of hydrogen-bond donors (Lipinski definition) is 1. The Bertz CT molecular complexity index is 944. The average molecular weight is 384 g/mol. The van der Waals surface area contributed by atoms with Crippen molar-refractivity contribution >= 4 is 45.9 Å². The summed E-state index contributed by atoms with van der Waals surface area (Å²) in [6, 6.07) is 12.4. The third kappa shape index (κ3) is 3.92. The van der Waals surface area contributed by atoms with E-state index in [1.807, 2.05) is 36.2 Å². The Morgan fingerprint density at radius 3 is 2.84 bits per heavy atom. The van der Waals surface area contributed by atoms with Gasteiger partial charge >= 0.3 is 0 Å². The molecule has 25 heavy (non-hydrogen) atoms. The number of hydrogen-bond acceptors (Lipinski definition) is 5. The summed E-state index contributed by atoms with van der Waals surface area (Å²) in [6.45, 7) is 2.16. The second-order valence-corrected chi connectivity index (χ2v) is 8.41. The van der Waals surface area contributed by atoms with Crippen LogP contribution >= 0.6 is 34.9 Å².